The van der Waals surface area contributed by atoms with Gasteiger partial charge in [-0.2, -0.15) is 0 Å². The van der Waals surface area contributed by atoms with Crippen LogP contribution in [0.2, 0.25) is 0 Å². The summed E-state index contributed by atoms with van der Waals surface area (Å²) in [4.78, 5) is 36.6. The normalized spacial score (nSPS) is 20.8. The maximum atomic E-state index is 12.9. The lowest BCUT2D eigenvalue weighted by molar-refractivity contribution is -0.142. The fourth-order valence-corrected chi connectivity index (χ4v) is 6.11. The Morgan fingerprint density at radius 2 is 1.04 bits per heavy atom. The van der Waals surface area contributed by atoms with Crippen LogP contribution in [0.25, 0.3) is 0 Å². The van der Waals surface area contributed by atoms with Crippen molar-refractivity contribution >= 4 is 17.9 Å². The minimum atomic E-state index is -0.501. The molecule has 11 nitrogen and oxygen atoms in total. The van der Waals surface area contributed by atoms with Crippen molar-refractivity contribution < 1.29 is 52.3 Å². The van der Waals surface area contributed by atoms with Crippen LogP contribution in [-0.4, -0.2) is 97.7 Å². The number of ether oxygens (including phenoxy) is 8. The topological polar surface area (TPSA) is 125 Å². The molecule has 0 atom stereocenters. The molecule has 2 aliphatic rings. The number of carbonyl (C=O) groups is 3. The highest BCUT2D eigenvalue weighted by atomic mass is 16.6. The largest absolute Gasteiger partial charge is 0.460 e. The number of carbonyl (C=O) groups excluding carboxylic acids is 3. The maximum absolute atomic E-state index is 12.9. The van der Waals surface area contributed by atoms with Gasteiger partial charge in [0.25, 0.3) is 0 Å². The number of benzene rings is 1. The van der Waals surface area contributed by atoms with Crippen molar-refractivity contribution in [2.75, 3.05) is 67.6 Å². The molecule has 0 unspecified atom stereocenters. The van der Waals surface area contributed by atoms with E-state index >= 15 is 0 Å². The van der Waals surface area contributed by atoms with Gasteiger partial charge in [-0.1, -0.05) is 31.9 Å². The molecule has 2 aliphatic carbocycles. The summed E-state index contributed by atoms with van der Waals surface area (Å²) in [6.07, 6.45) is 7.18. The van der Waals surface area contributed by atoms with Crippen molar-refractivity contribution in [2.45, 2.75) is 75.4 Å². The fourth-order valence-electron chi connectivity index (χ4n) is 6.11. The zero-order valence-corrected chi connectivity index (χ0v) is 28.8. The summed E-state index contributed by atoms with van der Waals surface area (Å²) in [6, 6.07) is 6.27. The van der Waals surface area contributed by atoms with Gasteiger partial charge in [0, 0.05) is 21.3 Å². The van der Waals surface area contributed by atoms with Gasteiger partial charge in [-0.15, -0.1) is 0 Å². The minimum Gasteiger partial charge on any atom is -0.460 e. The van der Waals surface area contributed by atoms with Crippen molar-refractivity contribution in [2.24, 2.45) is 0 Å². The smallest absolute Gasteiger partial charge is 0.341 e. The Hall–Kier alpha value is -3.35. The number of rotatable bonds is 20. The van der Waals surface area contributed by atoms with Gasteiger partial charge in [-0.3, -0.25) is 0 Å². The van der Waals surface area contributed by atoms with E-state index in [9.17, 15) is 14.4 Å². The molecule has 0 N–H and O–H groups in total. The van der Waals surface area contributed by atoms with E-state index in [4.69, 9.17) is 37.9 Å². The van der Waals surface area contributed by atoms with Crippen LogP contribution in [0.1, 0.15) is 74.3 Å². The van der Waals surface area contributed by atoms with Crippen LogP contribution < -0.4 is 4.74 Å². The Kier molecular flexibility index (Phi) is 17.0. The van der Waals surface area contributed by atoms with Crippen molar-refractivity contribution in [1.29, 1.82) is 0 Å². The summed E-state index contributed by atoms with van der Waals surface area (Å²) in [6.45, 7) is 12.4. The molecule has 0 spiro atoms. The molecule has 0 saturated heterocycles. The zero-order valence-electron chi connectivity index (χ0n) is 28.8. The molecule has 266 valence electrons. The minimum absolute atomic E-state index is 0.0634. The highest BCUT2D eigenvalue weighted by Crippen LogP contribution is 2.42. The third-order valence-electron chi connectivity index (χ3n) is 8.66. The molecule has 0 aliphatic heterocycles. The summed E-state index contributed by atoms with van der Waals surface area (Å²) >= 11 is 0. The van der Waals surface area contributed by atoms with Crippen LogP contribution >= 0.6 is 0 Å². The van der Waals surface area contributed by atoms with Crippen molar-refractivity contribution in [1.82, 2.24) is 0 Å². The molecular weight excluding hydrogens is 620 g/mol. The van der Waals surface area contributed by atoms with E-state index in [1.807, 2.05) is 6.07 Å². The number of hydrogen-bond donors (Lipinski definition) is 0. The second kappa shape index (κ2) is 20.9. The Labute approximate surface area is 284 Å². The summed E-state index contributed by atoms with van der Waals surface area (Å²) < 4.78 is 43.2. The van der Waals surface area contributed by atoms with E-state index in [1.165, 1.54) is 21.3 Å². The molecular formula is C37H52O11. The summed E-state index contributed by atoms with van der Waals surface area (Å²) in [5, 5.41) is 0. The van der Waals surface area contributed by atoms with E-state index in [2.05, 4.69) is 31.9 Å². The molecule has 2 saturated carbocycles. The van der Waals surface area contributed by atoms with Gasteiger partial charge in [-0.05, 0) is 80.4 Å². The predicted octanol–water partition coefficient (Wildman–Crippen LogP) is 5.37. The Bertz CT molecular complexity index is 1240. The van der Waals surface area contributed by atoms with Gasteiger partial charge in [-0.25, -0.2) is 14.4 Å². The van der Waals surface area contributed by atoms with Gasteiger partial charge < -0.3 is 37.9 Å². The first-order chi connectivity index (χ1) is 23.2. The monoisotopic (exact) mass is 672 g/mol. The molecule has 1 aromatic rings. The standard InChI is InChI=1S/C37H52O11/c1-25(22-41-4)35(38)46-19-17-44-31-12-7-28(8-13-31)30-11-16-33(34(21-30)48-37(40)27(3)24-43-6)29-9-14-32(15-10-29)45-18-20-47-36(39)26(2)23-42-5/h11,16,21,28-29,31-32H,1-3,7-10,12-15,17-20,22-24H2,4-6H3. The third kappa shape index (κ3) is 12.6. The van der Waals surface area contributed by atoms with Crippen LogP contribution in [0, 0.1) is 0 Å². The highest BCUT2D eigenvalue weighted by molar-refractivity contribution is 5.90. The third-order valence-corrected chi connectivity index (χ3v) is 8.66. The molecule has 0 radical (unpaired) electrons. The SMILES string of the molecule is C=C(COC)C(=O)OCCOC1CCC(c2ccc(C3CCC(OCCOC(=O)C(=C)COC)CC3)c(OC(=O)C(=C)COC)c2)CC1. The van der Waals surface area contributed by atoms with Gasteiger partial charge >= 0.3 is 17.9 Å². The lowest BCUT2D eigenvalue weighted by atomic mass is 9.79. The second-order valence-corrected chi connectivity index (χ2v) is 12.3. The van der Waals surface area contributed by atoms with Crippen LogP contribution in [-0.2, 0) is 47.5 Å². The van der Waals surface area contributed by atoms with E-state index in [-0.39, 0.29) is 67.9 Å². The molecule has 0 aromatic heterocycles. The molecule has 2 fully saturated rings. The molecule has 48 heavy (non-hydrogen) atoms. The van der Waals surface area contributed by atoms with Gasteiger partial charge in [0.05, 0.1) is 62.0 Å². The lowest BCUT2D eigenvalue weighted by Gasteiger charge is -2.31. The van der Waals surface area contributed by atoms with Gasteiger partial charge in [0.2, 0.25) is 0 Å². The fraction of sp³-hybridized carbons (Fsp3) is 0.595. The van der Waals surface area contributed by atoms with Crippen LogP contribution in [0.15, 0.2) is 54.7 Å². The summed E-state index contributed by atoms with van der Waals surface area (Å²) in [5.74, 6) is -0.380. The van der Waals surface area contributed by atoms with E-state index < -0.39 is 17.9 Å². The number of methoxy groups -OCH3 is 3. The quantitative estimate of drug-likeness (QED) is 0.0768. The Morgan fingerprint density at radius 3 is 1.50 bits per heavy atom. The first-order valence-corrected chi connectivity index (χ1v) is 16.6. The van der Waals surface area contributed by atoms with E-state index in [0.29, 0.717) is 24.9 Å². The van der Waals surface area contributed by atoms with Gasteiger partial charge in [0.1, 0.15) is 19.0 Å². The maximum Gasteiger partial charge on any atom is 0.341 e. The van der Waals surface area contributed by atoms with Crippen LogP contribution in [0.4, 0.5) is 0 Å². The van der Waals surface area contributed by atoms with E-state index in [0.717, 1.165) is 62.5 Å². The lowest BCUT2D eigenvalue weighted by Crippen LogP contribution is -2.24. The van der Waals surface area contributed by atoms with Crippen molar-refractivity contribution in [3.05, 3.63) is 65.8 Å². The van der Waals surface area contributed by atoms with Crippen LogP contribution in [0.3, 0.4) is 0 Å². The molecule has 0 bridgehead atoms. The molecule has 1 aromatic carbocycles. The van der Waals surface area contributed by atoms with Crippen molar-refractivity contribution in [3.63, 3.8) is 0 Å². The van der Waals surface area contributed by atoms with Crippen molar-refractivity contribution in [3.8, 4) is 5.75 Å². The summed E-state index contributed by atoms with van der Waals surface area (Å²) in [7, 11) is 4.51. The molecule has 0 heterocycles. The predicted molar refractivity (Wildman–Crippen MR) is 179 cm³/mol. The number of hydrogen-bond acceptors (Lipinski definition) is 11. The zero-order chi connectivity index (χ0) is 34.9. The highest BCUT2D eigenvalue weighted by Gasteiger charge is 2.29. The van der Waals surface area contributed by atoms with E-state index in [1.54, 1.807) is 0 Å². The molecule has 11 heteroatoms. The second-order valence-electron chi connectivity index (χ2n) is 12.3. The van der Waals surface area contributed by atoms with Crippen LogP contribution in [0.5, 0.6) is 5.75 Å². The molecule has 3 rings (SSSR count). The average Bonchev–Trinajstić information content (AvgIpc) is 3.09. The number of esters is 3. The Balaban J connectivity index is 1.54. The average molecular weight is 673 g/mol. The first-order valence-electron chi connectivity index (χ1n) is 16.6. The Morgan fingerprint density at radius 1 is 0.604 bits per heavy atom. The van der Waals surface area contributed by atoms with Gasteiger partial charge in [0.15, 0.2) is 0 Å². The molecule has 0 amide bonds. The summed E-state index contributed by atoms with van der Waals surface area (Å²) in [5.41, 5.74) is 2.93. The first kappa shape index (κ1) is 39.1.